The molecule has 0 aromatic heterocycles. The first kappa shape index (κ1) is 19.0. The van der Waals surface area contributed by atoms with Crippen LogP contribution in [0, 0.1) is 0 Å². The van der Waals surface area contributed by atoms with Gasteiger partial charge in [-0.1, -0.05) is 19.1 Å². The van der Waals surface area contributed by atoms with Crippen molar-refractivity contribution >= 4 is 23.6 Å². The largest absolute Gasteiger partial charge is 0.481 e. The molecule has 2 aliphatic heterocycles. The van der Waals surface area contributed by atoms with Gasteiger partial charge in [0.2, 0.25) is 5.91 Å². The molecule has 6 nitrogen and oxygen atoms in total. The first-order valence-corrected chi connectivity index (χ1v) is 10.4. The standard InChI is InChI=1S/C19H27N3O3S/c1-3-15-4-6-16(7-5-15)25-14(2)18(23)21-8-10-22(11-9-21)19(24)17-12-26-13-20-17/h4-7,14,17,20H,3,8-13H2,1-2H3. The van der Waals surface area contributed by atoms with Crippen molar-refractivity contribution < 1.29 is 14.3 Å². The fraction of sp³-hybridized carbons (Fsp3) is 0.579. The molecule has 1 aromatic rings. The van der Waals surface area contributed by atoms with Crippen LogP contribution in [0.4, 0.5) is 0 Å². The summed E-state index contributed by atoms with van der Waals surface area (Å²) in [4.78, 5) is 28.7. The highest BCUT2D eigenvalue weighted by molar-refractivity contribution is 7.99. The lowest BCUT2D eigenvalue weighted by molar-refractivity contribution is -0.144. The Morgan fingerprint density at radius 1 is 1.19 bits per heavy atom. The second kappa shape index (κ2) is 8.77. The molecule has 0 radical (unpaired) electrons. The third-order valence-corrected chi connectivity index (χ3v) is 5.85. The molecule has 3 rings (SSSR count). The van der Waals surface area contributed by atoms with E-state index < -0.39 is 6.10 Å². The Balaban J connectivity index is 1.48. The summed E-state index contributed by atoms with van der Waals surface area (Å²) in [7, 11) is 0. The molecule has 0 saturated carbocycles. The van der Waals surface area contributed by atoms with Gasteiger partial charge in [-0.3, -0.25) is 14.9 Å². The summed E-state index contributed by atoms with van der Waals surface area (Å²) in [5.41, 5.74) is 1.24. The zero-order valence-electron chi connectivity index (χ0n) is 15.4. The van der Waals surface area contributed by atoms with Crippen molar-refractivity contribution in [3.63, 3.8) is 0 Å². The number of thioether (sulfide) groups is 1. The minimum absolute atomic E-state index is 0.0220. The molecule has 2 saturated heterocycles. The van der Waals surface area contributed by atoms with Crippen molar-refractivity contribution in [1.82, 2.24) is 15.1 Å². The van der Waals surface area contributed by atoms with Crippen molar-refractivity contribution in [2.45, 2.75) is 32.4 Å². The van der Waals surface area contributed by atoms with Crippen LogP contribution in [0.15, 0.2) is 24.3 Å². The van der Waals surface area contributed by atoms with E-state index in [-0.39, 0.29) is 17.9 Å². The minimum Gasteiger partial charge on any atom is -0.481 e. The summed E-state index contributed by atoms with van der Waals surface area (Å²) in [6, 6.07) is 7.78. The van der Waals surface area contributed by atoms with Crippen LogP contribution in [0.5, 0.6) is 5.75 Å². The van der Waals surface area contributed by atoms with E-state index in [4.69, 9.17) is 4.74 Å². The average molecular weight is 378 g/mol. The average Bonchev–Trinajstić information content (AvgIpc) is 3.22. The third-order valence-electron chi connectivity index (χ3n) is 4.91. The van der Waals surface area contributed by atoms with E-state index in [2.05, 4.69) is 12.2 Å². The maximum absolute atomic E-state index is 12.6. The first-order valence-electron chi connectivity index (χ1n) is 9.22. The van der Waals surface area contributed by atoms with Gasteiger partial charge < -0.3 is 14.5 Å². The fourth-order valence-corrected chi connectivity index (χ4v) is 4.17. The topological polar surface area (TPSA) is 61.9 Å². The Hall–Kier alpha value is -1.73. The van der Waals surface area contributed by atoms with Crippen molar-refractivity contribution in [2.24, 2.45) is 0 Å². The molecule has 2 atom stereocenters. The zero-order valence-corrected chi connectivity index (χ0v) is 16.3. The molecule has 1 aromatic carbocycles. The quantitative estimate of drug-likeness (QED) is 0.839. The van der Waals surface area contributed by atoms with Gasteiger partial charge in [-0.2, -0.15) is 0 Å². The van der Waals surface area contributed by atoms with Crippen molar-refractivity contribution in [1.29, 1.82) is 0 Å². The SMILES string of the molecule is CCc1ccc(OC(C)C(=O)N2CCN(C(=O)C3CSCN3)CC2)cc1. The Bertz CT molecular complexity index is 623. The molecular weight excluding hydrogens is 350 g/mol. The van der Waals surface area contributed by atoms with Gasteiger partial charge in [-0.15, -0.1) is 11.8 Å². The van der Waals surface area contributed by atoms with Crippen LogP contribution >= 0.6 is 11.8 Å². The Labute approximate surface area is 159 Å². The van der Waals surface area contributed by atoms with Crippen molar-refractivity contribution in [3.8, 4) is 5.75 Å². The minimum atomic E-state index is -0.530. The number of nitrogens with one attached hydrogen (secondary N) is 1. The fourth-order valence-electron chi connectivity index (χ4n) is 3.24. The predicted molar refractivity (Wildman–Crippen MR) is 103 cm³/mol. The molecule has 2 fully saturated rings. The molecule has 0 bridgehead atoms. The first-order chi connectivity index (χ1) is 12.6. The number of benzene rings is 1. The number of ether oxygens (including phenoxy) is 1. The number of carbonyl (C=O) groups is 2. The number of hydrogen-bond donors (Lipinski definition) is 1. The van der Waals surface area contributed by atoms with Crippen LogP contribution in [0.1, 0.15) is 19.4 Å². The summed E-state index contributed by atoms with van der Waals surface area (Å²) in [5, 5.41) is 3.21. The van der Waals surface area contributed by atoms with E-state index in [1.54, 1.807) is 23.6 Å². The van der Waals surface area contributed by atoms with Gasteiger partial charge in [-0.25, -0.2) is 0 Å². The number of rotatable bonds is 5. The molecule has 2 heterocycles. The normalized spacial score (nSPS) is 21.5. The summed E-state index contributed by atoms with van der Waals surface area (Å²) in [6.07, 6.45) is 0.449. The van der Waals surface area contributed by atoms with E-state index in [1.165, 1.54) is 5.56 Å². The van der Waals surface area contributed by atoms with Crippen molar-refractivity contribution in [3.05, 3.63) is 29.8 Å². The van der Waals surface area contributed by atoms with Gasteiger partial charge >= 0.3 is 0 Å². The van der Waals surface area contributed by atoms with Gasteiger partial charge in [0.25, 0.3) is 5.91 Å². The van der Waals surface area contributed by atoms with Crippen molar-refractivity contribution in [2.75, 3.05) is 37.8 Å². The molecule has 7 heteroatoms. The van der Waals surface area contributed by atoms with E-state index in [0.717, 1.165) is 18.1 Å². The lowest BCUT2D eigenvalue weighted by Crippen LogP contribution is -2.56. The third kappa shape index (κ3) is 4.51. The number of amides is 2. The van der Waals surface area contributed by atoms with Gasteiger partial charge in [0, 0.05) is 37.8 Å². The lowest BCUT2D eigenvalue weighted by Gasteiger charge is -2.36. The summed E-state index contributed by atoms with van der Waals surface area (Å²) in [5.74, 6) is 2.51. The highest BCUT2D eigenvalue weighted by atomic mass is 32.2. The molecule has 2 aliphatic rings. The zero-order chi connectivity index (χ0) is 18.5. The number of hydrogen-bond acceptors (Lipinski definition) is 5. The Morgan fingerprint density at radius 2 is 1.85 bits per heavy atom. The smallest absolute Gasteiger partial charge is 0.263 e. The number of carbonyl (C=O) groups excluding carboxylic acids is 2. The predicted octanol–water partition coefficient (Wildman–Crippen LogP) is 1.35. The number of nitrogens with zero attached hydrogens (tertiary/aromatic N) is 2. The molecule has 2 unspecified atom stereocenters. The molecule has 142 valence electrons. The molecule has 2 amide bonds. The van der Waals surface area contributed by atoms with Gasteiger partial charge in [0.05, 0.1) is 6.04 Å². The van der Waals surface area contributed by atoms with Crippen LogP contribution in [0.2, 0.25) is 0 Å². The molecule has 26 heavy (non-hydrogen) atoms. The van der Waals surface area contributed by atoms with E-state index in [1.807, 2.05) is 29.2 Å². The number of aryl methyl sites for hydroxylation is 1. The van der Waals surface area contributed by atoms with Gasteiger partial charge in [0.1, 0.15) is 5.75 Å². The highest BCUT2D eigenvalue weighted by Crippen LogP contribution is 2.17. The monoisotopic (exact) mass is 377 g/mol. The van der Waals surface area contributed by atoms with Crippen LogP contribution in [-0.4, -0.2) is 71.6 Å². The van der Waals surface area contributed by atoms with Gasteiger partial charge in [0.15, 0.2) is 6.10 Å². The van der Waals surface area contributed by atoms with E-state index in [0.29, 0.717) is 31.9 Å². The molecular formula is C19H27N3O3S. The maximum atomic E-state index is 12.6. The highest BCUT2D eigenvalue weighted by Gasteiger charge is 2.32. The second-order valence-corrected chi connectivity index (χ2v) is 7.71. The summed E-state index contributed by atoms with van der Waals surface area (Å²) < 4.78 is 5.80. The van der Waals surface area contributed by atoms with Crippen LogP contribution in [0.3, 0.4) is 0 Å². The molecule has 0 aliphatic carbocycles. The molecule has 0 spiro atoms. The van der Waals surface area contributed by atoms with Crippen LogP contribution in [0.25, 0.3) is 0 Å². The van der Waals surface area contributed by atoms with Crippen LogP contribution in [-0.2, 0) is 16.0 Å². The van der Waals surface area contributed by atoms with E-state index in [9.17, 15) is 9.59 Å². The summed E-state index contributed by atoms with van der Waals surface area (Å²) >= 11 is 1.75. The maximum Gasteiger partial charge on any atom is 0.263 e. The number of piperazine rings is 1. The second-order valence-electron chi connectivity index (χ2n) is 6.68. The van der Waals surface area contributed by atoms with E-state index >= 15 is 0 Å². The lowest BCUT2D eigenvalue weighted by atomic mass is 10.2. The molecule has 1 N–H and O–H groups in total. The Morgan fingerprint density at radius 3 is 2.42 bits per heavy atom. The summed E-state index contributed by atoms with van der Waals surface area (Å²) in [6.45, 7) is 6.19. The Kier molecular flexibility index (Phi) is 6.43. The van der Waals surface area contributed by atoms with Crippen LogP contribution < -0.4 is 10.1 Å². The van der Waals surface area contributed by atoms with Gasteiger partial charge in [-0.05, 0) is 31.0 Å².